The highest BCUT2D eigenvalue weighted by molar-refractivity contribution is 6.77. The molecule has 0 aromatic heterocycles. The van der Waals surface area contributed by atoms with E-state index in [0.29, 0.717) is 28.7 Å². The van der Waals surface area contributed by atoms with Crippen molar-refractivity contribution in [2.45, 2.75) is 76.3 Å². The van der Waals surface area contributed by atoms with E-state index in [1.165, 1.54) is 7.11 Å². The van der Waals surface area contributed by atoms with E-state index in [4.69, 9.17) is 9.16 Å². The van der Waals surface area contributed by atoms with Crippen LogP contribution in [0.3, 0.4) is 0 Å². The van der Waals surface area contributed by atoms with Gasteiger partial charge in [-0.3, -0.25) is 0 Å². The van der Waals surface area contributed by atoms with E-state index in [-0.39, 0.29) is 18.0 Å². The topological polar surface area (TPSA) is 67.8 Å². The maximum atomic E-state index is 11.7. The third-order valence-corrected chi connectivity index (χ3v) is 12.4. The Morgan fingerprint density at radius 1 is 1.04 bits per heavy atom. The van der Waals surface area contributed by atoms with E-state index in [1.807, 2.05) is 12.1 Å². The summed E-state index contributed by atoms with van der Waals surface area (Å²) in [7, 11) is -0.699. The fraction of sp³-hybridized carbons (Fsp3) is 0.682. The zero-order valence-corrected chi connectivity index (χ0v) is 19.4. The Morgan fingerprint density at radius 2 is 1.57 bits per heavy atom. The van der Waals surface area contributed by atoms with E-state index in [1.54, 1.807) is 12.1 Å². The van der Waals surface area contributed by atoms with Crippen LogP contribution in [0.5, 0.6) is 0 Å². The highest BCUT2D eigenvalue weighted by Crippen LogP contribution is 2.45. The van der Waals surface area contributed by atoms with Crippen molar-refractivity contribution in [2.75, 3.05) is 20.2 Å². The third kappa shape index (κ3) is 4.51. The average molecular weight is 408 g/mol. The molecule has 0 amide bonds. The van der Waals surface area contributed by atoms with E-state index >= 15 is 0 Å². The van der Waals surface area contributed by atoms with Crippen molar-refractivity contribution in [2.24, 2.45) is 0 Å². The number of nitrogens with one attached hydrogen (secondary N) is 1. The highest BCUT2D eigenvalue weighted by atomic mass is 28.4. The minimum absolute atomic E-state index is 0.0911. The van der Waals surface area contributed by atoms with Crippen molar-refractivity contribution < 1.29 is 19.1 Å². The molecule has 1 heterocycles. The second-order valence-electron chi connectivity index (χ2n) is 8.84. The Balaban J connectivity index is 2.37. The molecule has 5 nitrogen and oxygen atoms in total. The number of benzene rings is 1. The monoisotopic (exact) mass is 407 g/mol. The van der Waals surface area contributed by atoms with E-state index in [0.717, 1.165) is 12.1 Å². The van der Waals surface area contributed by atoms with Gasteiger partial charge in [-0.2, -0.15) is 0 Å². The number of carbonyl (C=O) groups excluding carboxylic acids is 1. The van der Waals surface area contributed by atoms with Crippen LogP contribution in [0, 0.1) is 0 Å². The van der Waals surface area contributed by atoms with Gasteiger partial charge in [-0.05, 0) is 34.3 Å². The largest absolute Gasteiger partial charge is 0.465 e. The lowest BCUT2D eigenvalue weighted by atomic mass is 9.85. The first kappa shape index (κ1) is 23.1. The lowest BCUT2D eigenvalue weighted by molar-refractivity contribution is 0.0304. The lowest BCUT2D eigenvalue weighted by Crippen LogP contribution is -2.57. The minimum Gasteiger partial charge on any atom is -0.465 e. The van der Waals surface area contributed by atoms with Crippen LogP contribution in [0.4, 0.5) is 0 Å². The molecule has 1 aliphatic rings. The molecular formula is C22H37NO4Si. The summed E-state index contributed by atoms with van der Waals surface area (Å²) in [4.78, 5) is 11.7. The molecule has 2 N–H and O–H groups in total. The molecule has 0 saturated carbocycles. The molecule has 1 saturated heterocycles. The van der Waals surface area contributed by atoms with Crippen LogP contribution in [0.25, 0.3) is 0 Å². The molecule has 0 spiro atoms. The number of rotatable bonds is 7. The Bertz CT molecular complexity index is 623. The molecule has 1 fully saturated rings. The number of aliphatic hydroxyl groups excluding tert-OH is 1. The van der Waals surface area contributed by atoms with Crippen molar-refractivity contribution in [3.8, 4) is 0 Å². The maximum Gasteiger partial charge on any atom is 0.337 e. The second kappa shape index (κ2) is 9.52. The maximum absolute atomic E-state index is 11.7. The van der Waals surface area contributed by atoms with Crippen LogP contribution in [-0.4, -0.2) is 51.8 Å². The van der Waals surface area contributed by atoms with Crippen LogP contribution in [-0.2, 0) is 9.16 Å². The smallest absolute Gasteiger partial charge is 0.337 e. The van der Waals surface area contributed by atoms with Crippen molar-refractivity contribution in [1.29, 1.82) is 0 Å². The van der Waals surface area contributed by atoms with E-state index in [9.17, 15) is 9.90 Å². The molecule has 158 valence electrons. The number of aliphatic hydroxyl groups is 1. The second-order valence-corrected chi connectivity index (χ2v) is 14.2. The molecule has 2 unspecified atom stereocenters. The van der Waals surface area contributed by atoms with Gasteiger partial charge in [-0.25, -0.2) is 4.79 Å². The number of esters is 1. The summed E-state index contributed by atoms with van der Waals surface area (Å²) >= 11 is 0. The molecule has 1 aromatic rings. The number of hydrogen-bond donors (Lipinski definition) is 2. The number of carbonyl (C=O) groups is 1. The first-order valence-corrected chi connectivity index (χ1v) is 12.5. The van der Waals surface area contributed by atoms with Gasteiger partial charge in [-0.1, -0.05) is 53.7 Å². The van der Waals surface area contributed by atoms with Gasteiger partial charge in [-0.15, -0.1) is 0 Å². The molecule has 1 aromatic carbocycles. The van der Waals surface area contributed by atoms with Crippen LogP contribution in [0.2, 0.25) is 16.6 Å². The molecule has 2 rings (SSSR count). The summed E-state index contributed by atoms with van der Waals surface area (Å²) in [5, 5.41) is 14.1. The van der Waals surface area contributed by atoms with Gasteiger partial charge in [0, 0.05) is 19.0 Å². The van der Waals surface area contributed by atoms with Crippen LogP contribution in [0.15, 0.2) is 24.3 Å². The predicted molar refractivity (Wildman–Crippen MR) is 115 cm³/mol. The SMILES string of the molecule is COC(=O)c1ccc(C2C(O)CNC[C@H]2O[Si](C(C)C)(C(C)C)C(C)C)cc1. The summed E-state index contributed by atoms with van der Waals surface area (Å²) in [6.45, 7) is 14.9. The fourth-order valence-electron chi connectivity index (χ4n) is 5.06. The lowest BCUT2D eigenvalue weighted by Gasteiger charge is -2.48. The van der Waals surface area contributed by atoms with Gasteiger partial charge >= 0.3 is 5.97 Å². The molecule has 1 aliphatic heterocycles. The number of ether oxygens (including phenoxy) is 1. The van der Waals surface area contributed by atoms with Gasteiger partial charge in [0.2, 0.25) is 8.32 Å². The molecule has 6 heteroatoms. The average Bonchev–Trinajstić information content (AvgIpc) is 2.64. The molecular weight excluding hydrogens is 370 g/mol. The quantitative estimate of drug-likeness (QED) is 0.526. The van der Waals surface area contributed by atoms with Crippen molar-refractivity contribution in [1.82, 2.24) is 5.32 Å². The van der Waals surface area contributed by atoms with Gasteiger partial charge < -0.3 is 19.6 Å². The van der Waals surface area contributed by atoms with Crippen LogP contribution >= 0.6 is 0 Å². The number of hydrogen-bond acceptors (Lipinski definition) is 5. The highest BCUT2D eigenvalue weighted by Gasteiger charge is 2.49. The Labute approximate surface area is 171 Å². The van der Waals surface area contributed by atoms with Crippen LogP contribution < -0.4 is 5.32 Å². The fourth-order valence-corrected chi connectivity index (χ4v) is 10.6. The van der Waals surface area contributed by atoms with Crippen molar-refractivity contribution in [3.63, 3.8) is 0 Å². The molecule has 3 atom stereocenters. The van der Waals surface area contributed by atoms with E-state index < -0.39 is 14.4 Å². The minimum atomic E-state index is -2.08. The molecule has 0 bridgehead atoms. The predicted octanol–water partition coefficient (Wildman–Crippen LogP) is 4.08. The zero-order chi connectivity index (χ0) is 21.1. The third-order valence-electron chi connectivity index (χ3n) is 6.29. The van der Waals surface area contributed by atoms with Crippen molar-refractivity contribution >= 4 is 14.3 Å². The first-order valence-electron chi connectivity index (χ1n) is 10.4. The Morgan fingerprint density at radius 3 is 2.04 bits per heavy atom. The standard InChI is InChI=1S/C22H37NO4Si/c1-14(2)28(15(3)4,16(5)6)27-20-13-23-12-19(24)21(20)17-8-10-18(11-9-17)22(25)26-7/h8-11,14-16,19-21,23-24H,12-13H2,1-7H3/t19?,20-,21?/m1/s1. The normalized spacial score (nSPS) is 23.5. The summed E-state index contributed by atoms with van der Waals surface area (Å²) in [5.74, 6) is -0.466. The summed E-state index contributed by atoms with van der Waals surface area (Å²) < 4.78 is 11.8. The van der Waals surface area contributed by atoms with Gasteiger partial charge in [0.1, 0.15) is 0 Å². The summed E-state index contributed by atoms with van der Waals surface area (Å²) in [6, 6.07) is 7.38. The van der Waals surface area contributed by atoms with Crippen LogP contribution in [0.1, 0.15) is 63.4 Å². The van der Waals surface area contributed by atoms with Crippen molar-refractivity contribution in [3.05, 3.63) is 35.4 Å². The van der Waals surface area contributed by atoms with Gasteiger partial charge in [0.05, 0.1) is 24.9 Å². The zero-order valence-electron chi connectivity index (χ0n) is 18.4. The summed E-state index contributed by atoms with van der Waals surface area (Å²) in [5.41, 5.74) is 2.96. The molecule has 0 radical (unpaired) electrons. The number of β-amino-alcohol motifs (C(OH)–C–C–N with tert-alkyl or cyclic N) is 1. The van der Waals surface area contributed by atoms with Gasteiger partial charge in [0.15, 0.2) is 0 Å². The molecule has 0 aliphatic carbocycles. The summed E-state index contributed by atoms with van der Waals surface area (Å²) in [6.07, 6.45) is -0.618. The first-order chi connectivity index (χ1) is 13.1. The molecule has 28 heavy (non-hydrogen) atoms. The Hall–Kier alpha value is -1.21. The Kier molecular flexibility index (Phi) is 7.85. The number of piperidine rings is 1. The van der Waals surface area contributed by atoms with Gasteiger partial charge in [0.25, 0.3) is 0 Å². The van der Waals surface area contributed by atoms with E-state index in [2.05, 4.69) is 46.9 Å². The number of methoxy groups -OCH3 is 1.